The highest BCUT2D eigenvalue weighted by molar-refractivity contribution is 9.11. The third-order valence-electron chi connectivity index (χ3n) is 11.3. The Morgan fingerprint density at radius 1 is 0.583 bits per heavy atom. The van der Waals surface area contributed by atoms with Crippen molar-refractivity contribution in [2.24, 2.45) is 0 Å². The van der Waals surface area contributed by atoms with Gasteiger partial charge in [-0.1, -0.05) is 113 Å². The van der Waals surface area contributed by atoms with Crippen LogP contribution >= 0.6 is 31.9 Å². The first kappa shape index (κ1) is 26.1. The summed E-state index contributed by atoms with van der Waals surface area (Å²) in [6.45, 7) is 0. The third-order valence-corrected chi connectivity index (χ3v) is 12.6. The van der Waals surface area contributed by atoms with E-state index in [-0.39, 0.29) is 0 Å². The highest BCUT2D eigenvalue weighted by Gasteiger charge is 2.53. The molecule has 3 aliphatic rings. The molecule has 2 nitrogen and oxygen atoms in total. The number of halogens is 2. The van der Waals surface area contributed by atoms with Crippen LogP contribution in [0, 0.1) is 0 Å². The van der Waals surface area contributed by atoms with Gasteiger partial charge in [0.15, 0.2) is 0 Å². The lowest BCUT2D eigenvalue weighted by molar-refractivity contribution is 0.666. The number of furan rings is 1. The van der Waals surface area contributed by atoms with Crippen LogP contribution < -0.4 is 0 Å². The molecule has 0 radical (unpaired) electrons. The zero-order valence-corrected chi connectivity index (χ0v) is 28.6. The van der Waals surface area contributed by atoms with Crippen LogP contribution in [-0.2, 0) is 11.8 Å². The van der Waals surface area contributed by atoms with Gasteiger partial charge in [0.2, 0.25) is 0 Å². The Kier molecular flexibility index (Phi) is 4.76. The molecule has 48 heavy (non-hydrogen) atoms. The van der Waals surface area contributed by atoms with E-state index in [0.29, 0.717) is 0 Å². The Morgan fingerprint density at radius 2 is 1.29 bits per heavy atom. The topological polar surface area (TPSA) is 18.1 Å². The second-order valence-electron chi connectivity index (χ2n) is 13.4. The average molecular weight is 741 g/mol. The quantitative estimate of drug-likeness (QED) is 0.151. The van der Waals surface area contributed by atoms with Gasteiger partial charge in [-0.2, -0.15) is 0 Å². The van der Waals surface area contributed by atoms with E-state index >= 15 is 0 Å². The Labute approximate surface area is 292 Å². The Balaban J connectivity index is 1.37. The van der Waals surface area contributed by atoms with Gasteiger partial charge in [0.25, 0.3) is 0 Å². The largest absolute Gasteiger partial charge is 0.455 e. The molecule has 9 aromatic rings. The molecule has 2 aromatic heterocycles. The highest BCUT2D eigenvalue weighted by atomic mass is 79.9. The minimum atomic E-state index is -0.563. The van der Waals surface area contributed by atoms with Gasteiger partial charge in [0, 0.05) is 31.6 Å². The van der Waals surface area contributed by atoms with Gasteiger partial charge in [0.05, 0.1) is 26.6 Å². The Morgan fingerprint density at radius 3 is 2.23 bits per heavy atom. The van der Waals surface area contributed by atoms with Crippen molar-refractivity contribution >= 4 is 75.6 Å². The summed E-state index contributed by atoms with van der Waals surface area (Å²) in [5, 5.41) is 4.90. The van der Waals surface area contributed by atoms with E-state index in [0.717, 1.165) is 31.9 Å². The van der Waals surface area contributed by atoms with Crippen molar-refractivity contribution in [2.75, 3.05) is 0 Å². The normalized spacial score (nSPS) is 16.5. The van der Waals surface area contributed by atoms with Crippen molar-refractivity contribution in [3.05, 3.63) is 170 Å². The second kappa shape index (κ2) is 8.76. The molecule has 0 N–H and O–H groups in total. The van der Waals surface area contributed by atoms with Gasteiger partial charge < -0.3 is 8.98 Å². The second-order valence-corrected chi connectivity index (χ2v) is 15.1. The fourth-order valence-electron chi connectivity index (χ4n) is 9.70. The molecule has 1 aliphatic heterocycles. The van der Waals surface area contributed by atoms with Crippen LogP contribution in [0.1, 0.15) is 33.4 Å². The summed E-state index contributed by atoms with van der Waals surface area (Å²) >= 11 is 8.22. The van der Waals surface area contributed by atoms with Crippen molar-refractivity contribution in [3.8, 4) is 27.9 Å². The molecule has 0 saturated carbocycles. The molecule has 2 aliphatic carbocycles. The standard InChI is InChI=1S/C44H23Br2NO/c45-33-21-31-39(28-20-23-10-1-2-11-24(23)38(28)33)41-32(22-34(46)43-40(41)27-13-4-8-19-37(27)48-43)44(31)29-15-5-7-18-36(29)47-35-17-6-3-12-25(35)26-14-9-16-30(44)42(26)47/h1-19,21-22H,20H2. The van der Waals surface area contributed by atoms with Crippen LogP contribution in [0.2, 0.25) is 0 Å². The predicted molar refractivity (Wildman–Crippen MR) is 203 cm³/mol. The average Bonchev–Trinajstić information content (AvgIpc) is 3.86. The molecule has 4 heteroatoms. The third kappa shape index (κ3) is 2.82. The van der Waals surface area contributed by atoms with Crippen molar-refractivity contribution in [1.82, 2.24) is 4.57 Å². The van der Waals surface area contributed by atoms with E-state index in [1.165, 1.54) is 88.5 Å². The molecule has 0 bridgehead atoms. The number of nitrogens with zero attached hydrogens (tertiary/aromatic N) is 1. The van der Waals surface area contributed by atoms with E-state index < -0.39 is 5.41 Å². The lowest BCUT2D eigenvalue weighted by atomic mass is 9.65. The molecule has 1 unspecified atom stereocenters. The van der Waals surface area contributed by atoms with Crippen LogP contribution in [0.4, 0.5) is 0 Å². The molecule has 3 heterocycles. The predicted octanol–water partition coefficient (Wildman–Crippen LogP) is 12.5. The molecule has 1 spiro atoms. The maximum Gasteiger partial charge on any atom is 0.150 e. The van der Waals surface area contributed by atoms with Gasteiger partial charge in [-0.05, 0) is 103 Å². The van der Waals surface area contributed by atoms with E-state index in [2.05, 4.69) is 164 Å². The molecule has 0 saturated heterocycles. The summed E-state index contributed by atoms with van der Waals surface area (Å²) in [5.74, 6) is 0. The van der Waals surface area contributed by atoms with Crippen molar-refractivity contribution in [3.63, 3.8) is 0 Å². The molecule has 0 amide bonds. The van der Waals surface area contributed by atoms with E-state index in [1.54, 1.807) is 0 Å². The first-order valence-corrected chi connectivity index (χ1v) is 18.0. The van der Waals surface area contributed by atoms with E-state index in [1.807, 2.05) is 0 Å². The minimum Gasteiger partial charge on any atom is -0.455 e. The zero-order valence-electron chi connectivity index (χ0n) is 25.4. The highest BCUT2D eigenvalue weighted by Crippen LogP contribution is 2.66. The lowest BCUT2D eigenvalue weighted by Gasteiger charge is -2.39. The van der Waals surface area contributed by atoms with Gasteiger partial charge in [-0.25, -0.2) is 0 Å². The molecule has 0 fully saturated rings. The smallest absolute Gasteiger partial charge is 0.150 e. The van der Waals surface area contributed by atoms with Crippen LogP contribution in [0.25, 0.3) is 71.7 Å². The number of hydrogen-bond acceptors (Lipinski definition) is 1. The summed E-state index contributed by atoms with van der Waals surface area (Å²) in [6, 6.07) is 47.1. The first-order valence-electron chi connectivity index (χ1n) is 16.4. The molecule has 7 aromatic carbocycles. The Bertz CT molecular complexity index is 2960. The van der Waals surface area contributed by atoms with Crippen LogP contribution in [-0.4, -0.2) is 4.57 Å². The summed E-state index contributed by atoms with van der Waals surface area (Å²) in [6.07, 6.45) is 0.891. The number of para-hydroxylation sites is 4. The summed E-state index contributed by atoms with van der Waals surface area (Å²) in [4.78, 5) is 0. The molecule has 224 valence electrons. The van der Waals surface area contributed by atoms with Crippen molar-refractivity contribution in [1.29, 1.82) is 0 Å². The number of rotatable bonds is 0. The van der Waals surface area contributed by atoms with Gasteiger partial charge in [0.1, 0.15) is 11.2 Å². The van der Waals surface area contributed by atoms with Gasteiger partial charge >= 0.3 is 0 Å². The molecular weight excluding hydrogens is 718 g/mol. The fraction of sp³-hybridized carbons (Fsp3) is 0.0455. The van der Waals surface area contributed by atoms with Gasteiger partial charge in [-0.3, -0.25) is 0 Å². The van der Waals surface area contributed by atoms with Crippen LogP contribution in [0.3, 0.4) is 0 Å². The molecular formula is C44H23Br2NO. The number of fused-ring (bicyclic) bond motifs is 20. The van der Waals surface area contributed by atoms with E-state index in [4.69, 9.17) is 4.42 Å². The fourth-order valence-corrected chi connectivity index (χ4v) is 10.9. The summed E-state index contributed by atoms with van der Waals surface area (Å²) < 4.78 is 11.3. The molecule has 12 rings (SSSR count). The maximum atomic E-state index is 6.67. The number of aromatic nitrogens is 1. The lowest BCUT2D eigenvalue weighted by Crippen LogP contribution is -2.33. The number of benzene rings is 7. The van der Waals surface area contributed by atoms with Crippen molar-refractivity contribution in [2.45, 2.75) is 11.8 Å². The Hall–Kier alpha value is -4.90. The summed E-state index contributed by atoms with van der Waals surface area (Å²) in [5.41, 5.74) is 18.3. The van der Waals surface area contributed by atoms with Crippen molar-refractivity contribution < 1.29 is 4.42 Å². The van der Waals surface area contributed by atoms with Crippen LogP contribution in [0.5, 0.6) is 0 Å². The summed E-state index contributed by atoms with van der Waals surface area (Å²) in [7, 11) is 0. The number of hydrogen-bond donors (Lipinski definition) is 0. The zero-order chi connectivity index (χ0) is 31.5. The minimum absolute atomic E-state index is 0.563. The maximum absolute atomic E-state index is 6.67. The van der Waals surface area contributed by atoms with E-state index in [9.17, 15) is 0 Å². The first-order chi connectivity index (χ1) is 23.7. The SMILES string of the molecule is Brc1cc2c(c3c1-c1ccccc1C3)-c1c(cc(Br)c3oc4ccccc4c13)C21c2ccccc2-n2c3ccccc3c3cccc1c32. The monoisotopic (exact) mass is 739 g/mol. The van der Waals surface area contributed by atoms with Gasteiger partial charge in [-0.15, -0.1) is 0 Å². The van der Waals surface area contributed by atoms with Crippen LogP contribution in [0.15, 0.2) is 141 Å². The molecule has 1 atom stereocenters.